The molecule has 0 spiro atoms. The predicted molar refractivity (Wildman–Crippen MR) is 76.3 cm³/mol. The average molecular weight is 278 g/mol. The number of rotatable bonds is 1. The maximum Gasteiger partial charge on any atom is 0.309 e. The van der Waals surface area contributed by atoms with Gasteiger partial charge >= 0.3 is 5.97 Å². The zero-order chi connectivity index (χ0) is 14.5. The molecule has 0 unspecified atom stereocenters. The second-order valence-corrected chi connectivity index (χ2v) is 8.00. The van der Waals surface area contributed by atoms with Crippen LogP contribution in [0, 0.1) is 28.6 Å². The topological polar surface area (TPSA) is 54.4 Å². The summed E-state index contributed by atoms with van der Waals surface area (Å²) in [6, 6.07) is 0. The summed E-state index contributed by atoms with van der Waals surface area (Å²) in [6.07, 6.45) is 7.47. The lowest BCUT2D eigenvalue weighted by atomic mass is 9.47. The molecule has 3 heteroatoms. The molecule has 0 aromatic rings. The van der Waals surface area contributed by atoms with Crippen molar-refractivity contribution in [3.63, 3.8) is 0 Å². The molecule has 3 fully saturated rings. The Bertz CT molecular complexity index is 444. The van der Waals surface area contributed by atoms with Crippen LogP contribution in [0.4, 0.5) is 0 Å². The van der Waals surface area contributed by atoms with Crippen LogP contribution in [-0.2, 0) is 9.59 Å². The minimum atomic E-state index is -0.623. The molecule has 3 rings (SSSR count). The molecule has 20 heavy (non-hydrogen) atoms. The van der Waals surface area contributed by atoms with Gasteiger partial charge in [0.2, 0.25) is 0 Å². The molecule has 0 radical (unpaired) electrons. The first-order valence-electron chi connectivity index (χ1n) is 8.10. The summed E-state index contributed by atoms with van der Waals surface area (Å²) < 4.78 is 0. The van der Waals surface area contributed by atoms with Crippen molar-refractivity contribution in [3.05, 3.63) is 0 Å². The fourth-order valence-corrected chi connectivity index (χ4v) is 5.46. The van der Waals surface area contributed by atoms with E-state index >= 15 is 0 Å². The fourth-order valence-electron chi connectivity index (χ4n) is 5.46. The van der Waals surface area contributed by atoms with Crippen LogP contribution in [0.15, 0.2) is 0 Å². The molecule has 1 N–H and O–H groups in total. The normalized spacial score (nSPS) is 48.3. The number of Topliss-reactive ketones (excluding diaryl/α,β-unsaturated/α-hetero) is 1. The first-order chi connectivity index (χ1) is 9.35. The molecule has 0 saturated heterocycles. The molecule has 0 amide bonds. The van der Waals surface area contributed by atoms with E-state index in [1.165, 1.54) is 0 Å². The van der Waals surface area contributed by atoms with Gasteiger partial charge in [0.25, 0.3) is 0 Å². The highest BCUT2D eigenvalue weighted by atomic mass is 16.4. The van der Waals surface area contributed by atoms with Gasteiger partial charge in [-0.05, 0) is 68.6 Å². The Balaban J connectivity index is 1.82. The van der Waals surface area contributed by atoms with Gasteiger partial charge in [-0.1, -0.05) is 6.92 Å². The van der Waals surface area contributed by atoms with Gasteiger partial charge in [-0.2, -0.15) is 0 Å². The first-order valence-corrected chi connectivity index (χ1v) is 8.10. The summed E-state index contributed by atoms with van der Waals surface area (Å²) in [5.74, 6) is 1.57. The Morgan fingerprint density at radius 1 is 1.20 bits per heavy atom. The first kappa shape index (κ1) is 14.1. The molecule has 0 aliphatic heterocycles. The van der Waals surface area contributed by atoms with Crippen molar-refractivity contribution in [2.75, 3.05) is 0 Å². The summed E-state index contributed by atoms with van der Waals surface area (Å²) >= 11 is 0. The smallest absolute Gasteiger partial charge is 0.309 e. The Kier molecular flexibility index (Phi) is 3.22. The molecule has 5 atom stereocenters. The third-order valence-corrected chi connectivity index (χ3v) is 6.89. The number of carboxylic acids is 1. The lowest BCUT2D eigenvalue weighted by Crippen LogP contribution is -2.51. The minimum absolute atomic E-state index is 0.288. The summed E-state index contributed by atoms with van der Waals surface area (Å²) in [7, 11) is 0. The number of carboxylic acid groups (broad SMARTS) is 1. The number of carbonyl (C=O) groups is 2. The van der Waals surface area contributed by atoms with E-state index in [1.54, 1.807) is 0 Å². The van der Waals surface area contributed by atoms with Gasteiger partial charge in [-0.3, -0.25) is 9.59 Å². The SMILES string of the molecule is C[C@]1(C(=O)O)CC[C@H]2[C@@H](CC[C@@H]3CC(=O)CC[C@@]32C)C1. The van der Waals surface area contributed by atoms with E-state index in [0.29, 0.717) is 23.5 Å². The van der Waals surface area contributed by atoms with Crippen LogP contribution in [0.25, 0.3) is 0 Å². The fraction of sp³-hybridized carbons (Fsp3) is 0.882. The minimum Gasteiger partial charge on any atom is -0.481 e. The van der Waals surface area contributed by atoms with Gasteiger partial charge in [0, 0.05) is 12.8 Å². The van der Waals surface area contributed by atoms with E-state index in [-0.39, 0.29) is 5.41 Å². The molecule has 0 heterocycles. The van der Waals surface area contributed by atoms with Crippen molar-refractivity contribution in [2.45, 2.75) is 65.2 Å². The number of fused-ring (bicyclic) bond motifs is 3. The van der Waals surface area contributed by atoms with Crippen molar-refractivity contribution in [2.24, 2.45) is 28.6 Å². The van der Waals surface area contributed by atoms with Gasteiger partial charge in [-0.15, -0.1) is 0 Å². The summed E-state index contributed by atoms with van der Waals surface area (Å²) in [4.78, 5) is 23.2. The standard InChI is InChI=1S/C17H26O3/c1-16(15(19)20)7-6-14-11(10-16)3-4-12-9-13(18)5-8-17(12,14)2/h11-12,14H,3-10H2,1-2H3,(H,19,20)/t11-,12+,14-,16-,17-/m0/s1. The van der Waals surface area contributed by atoms with Crippen molar-refractivity contribution in [1.82, 2.24) is 0 Å². The molecule has 3 saturated carbocycles. The van der Waals surface area contributed by atoms with Gasteiger partial charge in [0.1, 0.15) is 5.78 Å². The second kappa shape index (κ2) is 4.57. The van der Waals surface area contributed by atoms with E-state index in [9.17, 15) is 14.7 Å². The zero-order valence-corrected chi connectivity index (χ0v) is 12.7. The second-order valence-electron chi connectivity index (χ2n) is 8.00. The van der Waals surface area contributed by atoms with Crippen molar-refractivity contribution in [1.29, 1.82) is 0 Å². The third-order valence-electron chi connectivity index (χ3n) is 6.89. The van der Waals surface area contributed by atoms with Crippen LogP contribution in [0.2, 0.25) is 0 Å². The molecule has 0 bridgehead atoms. The van der Waals surface area contributed by atoms with Gasteiger partial charge < -0.3 is 5.11 Å². The highest BCUT2D eigenvalue weighted by Crippen LogP contribution is 2.60. The summed E-state index contributed by atoms with van der Waals surface area (Å²) in [5, 5.41) is 9.47. The summed E-state index contributed by atoms with van der Waals surface area (Å²) in [5.41, 5.74) is -0.231. The zero-order valence-electron chi connectivity index (χ0n) is 12.7. The van der Waals surface area contributed by atoms with Crippen LogP contribution in [0.5, 0.6) is 0 Å². The maximum atomic E-state index is 11.7. The molecule has 112 valence electrons. The largest absolute Gasteiger partial charge is 0.481 e. The van der Waals surface area contributed by atoms with E-state index in [1.807, 2.05) is 6.92 Å². The number of ketones is 1. The van der Waals surface area contributed by atoms with Crippen LogP contribution in [0.3, 0.4) is 0 Å². The predicted octanol–water partition coefficient (Wildman–Crippen LogP) is 3.66. The van der Waals surface area contributed by atoms with Gasteiger partial charge in [0.15, 0.2) is 0 Å². The quantitative estimate of drug-likeness (QED) is 0.796. The van der Waals surface area contributed by atoms with E-state index in [2.05, 4.69) is 6.92 Å². The molecule has 3 aliphatic rings. The lowest BCUT2D eigenvalue weighted by Gasteiger charge is -2.57. The maximum absolute atomic E-state index is 11.7. The van der Waals surface area contributed by atoms with Crippen molar-refractivity contribution >= 4 is 11.8 Å². The number of carbonyl (C=O) groups excluding carboxylic acids is 1. The molecule has 0 aromatic carbocycles. The third kappa shape index (κ3) is 2.01. The Labute approximate surface area is 121 Å². The molecule has 3 nitrogen and oxygen atoms in total. The molecule has 3 aliphatic carbocycles. The van der Waals surface area contributed by atoms with Crippen LogP contribution in [-0.4, -0.2) is 16.9 Å². The Hall–Kier alpha value is -0.860. The van der Waals surface area contributed by atoms with Crippen molar-refractivity contribution in [3.8, 4) is 0 Å². The van der Waals surface area contributed by atoms with Gasteiger partial charge in [0.05, 0.1) is 5.41 Å². The highest BCUT2D eigenvalue weighted by molar-refractivity contribution is 5.79. The highest BCUT2D eigenvalue weighted by Gasteiger charge is 2.54. The Morgan fingerprint density at radius 3 is 2.65 bits per heavy atom. The summed E-state index contributed by atoms with van der Waals surface area (Å²) in [6.45, 7) is 4.30. The van der Waals surface area contributed by atoms with Crippen LogP contribution >= 0.6 is 0 Å². The monoisotopic (exact) mass is 278 g/mol. The Morgan fingerprint density at radius 2 is 1.95 bits per heavy atom. The number of hydrogen-bond acceptors (Lipinski definition) is 2. The van der Waals surface area contributed by atoms with Crippen LogP contribution in [0.1, 0.15) is 65.2 Å². The van der Waals surface area contributed by atoms with Crippen LogP contribution < -0.4 is 0 Å². The van der Waals surface area contributed by atoms with E-state index in [4.69, 9.17) is 0 Å². The number of aliphatic carboxylic acids is 1. The lowest BCUT2D eigenvalue weighted by molar-refractivity contribution is -0.157. The molecule has 0 aromatic heterocycles. The average Bonchev–Trinajstić information content (AvgIpc) is 2.39. The van der Waals surface area contributed by atoms with E-state index in [0.717, 1.165) is 51.4 Å². The van der Waals surface area contributed by atoms with Crippen molar-refractivity contribution < 1.29 is 14.7 Å². The molecular weight excluding hydrogens is 252 g/mol. The number of hydrogen-bond donors (Lipinski definition) is 1. The van der Waals surface area contributed by atoms with Gasteiger partial charge in [-0.25, -0.2) is 0 Å². The van der Waals surface area contributed by atoms with E-state index < -0.39 is 11.4 Å². The molecular formula is C17H26O3.